The van der Waals surface area contributed by atoms with E-state index in [-0.39, 0.29) is 10.5 Å². The molecule has 0 fully saturated rings. The molecule has 28 heavy (non-hydrogen) atoms. The van der Waals surface area contributed by atoms with E-state index in [1.165, 1.54) is 27.4 Å². The van der Waals surface area contributed by atoms with Crippen molar-refractivity contribution in [2.24, 2.45) is 0 Å². The van der Waals surface area contributed by atoms with E-state index in [1.807, 2.05) is 0 Å². The van der Waals surface area contributed by atoms with Crippen molar-refractivity contribution in [3.63, 3.8) is 0 Å². The first-order valence-electron chi connectivity index (χ1n) is 8.70. The predicted molar refractivity (Wildman–Crippen MR) is 104 cm³/mol. The summed E-state index contributed by atoms with van der Waals surface area (Å²) < 4.78 is 28.1. The summed E-state index contributed by atoms with van der Waals surface area (Å²) in [4.78, 5) is 12.7. The van der Waals surface area contributed by atoms with Gasteiger partial charge in [0.2, 0.25) is 10.0 Å². The van der Waals surface area contributed by atoms with Crippen LogP contribution < -0.4 is 5.32 Å². The highest BCUT2D eigenvalue weighted by molar-refractivity contribution is 7.89. The van der Waals surface area contributed by atoms with Crippen molar-refractivity contribution in [2.75, 3.05) is 18.4 Å². The molecule has 0 atom stereocenters. The van der Waals surface area contributed by atoms with Crippen molar-refractivity contribution in [3.05, 3.63) is 60.4 Å². The Bertz CT molecular complexity index is 1050. The first-order chi connectivity index (χ1) is 13.5. The Morgan fingerprint density at radius 1 is 1.11 bits per heavy atom. The maximum Gasteiger partial charge on any atom is 0.255 e. The predicted octanol–water partition coefficient (Wildman–Crippen LogP) is 1.95. The highest BCUT2D eigenvalue weighted by Gasteiger charge is 2.22. The summed E-state index contributed by atoms with van der Waals surface area (Å²) in [6, 6.07) is 13.0. The molecule has 1 heterocycles. The molecule has 0 unspecified atom stereocenters. The van der Waals surface area contributed by atoms with Gasteiger partial charge in [-0.25, -0.2) is 13.1 Å². The minimum atomic E-state index is -3.63. The normalized spacial score (nSPS) is 11.5. The molecule has 0 radical (unpaired) electrons. The largest absolute Gasteiger partial charge is 0.322 e. The minimum Gasteiger partial charge on any atom is -0.322 e. The fourth-order valence-electron chi connectivity index (χ4n) is 2.69. The zero-order valence-corrected chi connectivity index (χ0v) is 16.3. The molecule has 0 bridgehead atoms. The summed E-state index contributed by atoms with van der Waals surface area (Å²) >= 11 is 0. The average Bonchev–Trinajstić information content (AvgIpc) is 3.24. The number of amides is 1. The van der Waals surface area contributed by atoms with E-state index in [1.54, 1.807) is 50.2 Å². The van der Waals surface area contributed by atoms with Gasteiger partial charge in [-0.3, -0.25) is 4.79 Å². The maximum absolute atomic E-state index is 12.7. The SMILES string of the molecule is CCN(CC)S(=O)(=O)c1cccc(C(=O)Nc2ccc(-n3cnnn3)cc2)c1. The lowest BCUT2D eigenvalue weighted by Gasteiger charge is -2.18. The summed E-state index contributed by atoms with van der Waals surface area (Å²) in [7, 11) is -3.63. The smallest absolute Gasteiger partial charge is 0.255 e. The van der Waals surface area contributed by atoms with Crippen molar-refractivity contribution >= 4 is 21.6 Å². The molecule has 0 saturated carbocycles. The second-order valence-corrected chi connectivity index (χ2v) is 7.81. The van der Waals surface area contributed by atoms with Crippen LogP contribution in [0.1, 0.15) is 24.2 Å². The van der Waals surface area contributed by atoms with E-state index in [4.69, 9.17) is 0 Å². The van der Waals surface area contributed by atoms with Crippen LogP contribution >= 0.6 is 0 Å². The van der Waals surface area contributed by atoms with Crippen LogP contribution in [0.4, 0.5) is 5.69 Å². The zero-order valence-electron chi connectivity index (χ0n) is 15.5. The molecular weight excluding hydrogens is 380 g/mol. The molecule has 1 aromatic heterocycles. The lowest BCUT2D eigenvalue weighted by atomic mass is 10.2. The van der Waals surface area contributed by atoms with E-state index in [2.05, 4.69) is 20.8 Å². The van der Waals surface area contributed by atoms with Crippen LogP contribution in [0.25, 0.3) is 5.69 Å². The highest BCUT2D eigenvalue weighted by atomic mass is 32.2. The molecule has 0 saturated heterocycles. The fraction of sp³-hybridized carbons (Fsp3) is 0.222. The van der Waals surface area contributed by atoms with Crippen molar-refractivity contribution in [3.8, 4) is 5.69 Å². The summed E-state index contributed by atoms with van der Waals surface area (Å²) in [5.74, 6) is -0.397. The zero-order chi connectivity index (χ0) is 20.1. The van der Waals surface area contributed by atoms with Gasteiger partial charge < -0.3 is 5.32 Å². The molecule has 3 rings (SSSR count). The summed E-state index contributed by atoms with van der Waals surface area (Å²) in [5.41, 5.74) is 1.58. The molecule has 3 aromatic rings. The third kappa shape index (κ3) is 4.07. The fourth-order valence-corrected chi connectivity index (χ4v) is 4.20. The first-order valence-corrected chi connectivity index (χ1v) is 10.1. The van der Waals surface area contributed by atoms with Crippen LogP contribution in [0, 0.1) is 0 Å². The van der Waals surface area contributed by atoms with Gasteiger partial charge in [-0.2, -0.15) is 4.31 Å². The maximum atomic E-state index is 12.7. The Morgan fingerprint density at radius 3 is 2.43 bits per heavy atom. The Balaban J connectivity index is 1.78. The van der Waals surface area contributed by atoms with E-state index in [0.29, 0.717) is 18.8 Å². The minimum absolute atomic E-state index is 0.0953. The quantitative estimate of drug-likeness (QED) is 0.649. The van der Waals surface area contributed by atoms with Crippen LogP contribution in [0.15, 0.2) is 59.8 Å². The Kier molecular flexibility index (Phi) is 5.81. The molecule has 0 spiro atoms. The molecule has 10 heteroatoms. The Morgan fingerprint density at radius 2 is 1.82 bits per heavy atom. The van der Waals surface area contributed by atoms with E-state index in [9.17, 15) is 13.2 Å². The number of hydrogen-bond acceptors (Lipinski definition) is 6. The molecule has 1 amide bonds. The number of carbonyl (C=O) groups is 1. The average molecular weight is 400 g/mol. The lowest BCUT2D eigenvalue weighted by molar-refractivity contribution is 0.102. The Labute approximate surface area is 163 Å². The van der Waals surface area contributed by atoms with Crippen LogP contribution in [-0.2, 0) is 10.0 Å². The lowest BCUT2D eigenvalue weighted by Crippen LogP contribution is -2.30. The van der Waals surface area contributed by atoms with Crippen molar-refractivity contribution < 1.29 is 13.2 Å². The number of nitrogens with zero attached hydrogens (tertiary/aromatic N) is 5. The molecule has 0 aliphatic heterocycles. The highest BCUT2D eigenvalue weighted by Crippen LogP contribution is 2.18. The monoisotopic (exact) mass is 400 g/mol. The van der Waals surface area contributed by atoms with Gasteiger partial charge in [0.15, 0.2) is 0 Å². The number of carbonyl (C=O) groups excluding carboxylic acids is 1. The molecule has 2 aromatic carbocycles. The standard InChI is InChI=1S/C18H20N6O3S/c1-3-23(4-2)28(26,27)17-7-5-6-14(12-17)18(25)20-15-8-10-16(11-9-15)24-13-19-21-22-24/h5-13H,3-4H2,1-2H3,(H,20,25). The number of aromatic nitrogens is 4. The van der Waals surface area contributed by atoms with Gasteiger partial charge >= 0.3 is 0 Å². The van der Waals surface area contributed by atoms with Crippen LogP contribution in [-0.4, -0.2) is 51.9 Å². The number of hydrogen-bond donors (Lipinski definition) is 1. The number of anilines is 1. The van der Waals surface area contributed by atoms with E-state index < -0.39 is 15.9 Å². The second-order valence-electron chi connectivity index (χ2n) is 5.87. The molecule has 1 N–H and O–H groups in total. The number of tetrazole rings is 1. The topological polar surface area (TPSA) is 110 Å². The van der Waals surface area contributed by atoms with Gasteiger partial charge in [0.25, 0.3) is 5.91 Å². The number of rotatable bonds is 7. The van der Waals surface area contributed by atoms with Crippen molar-refractivity contribution in [2.45, 2.75) is 18.7 Å². The van der Waals surface area contributed by atoms with Crippen LogP contribution in [0.3, 0.4) is 0 Å². The van der Waals surface area contributed by atoms with Crippen molar-refractivity contribution in [1.29, 1.82) is 0 Å². The summed E-state index contributed by atoms with van der Waals surface area (Å²) in [6.45, 7) is 4.28. The first kappa shape index (κ1) is 19.6. The van der Waals surface area contributed by atoms with Gasteiger partial charge in [-0.15, -0.1) is 5.10 Å². The molecular formula is C18H20N6O3S. The number of benzene rings is 2. The second kappa shape index (κ2) is 8.28. The van der Waals surface area contributed by atoms with Gasteiger partial charge in [-0.1, -0.05) is 19.9 Å². The third-order valence-electron chi connectivity index (χ3n) is 4.18. The van der Waals surface area contributed by atoms with Crippen LogP contribution in [0.2, 0.25) is 0 Å². The summed E-state index contributed by atoms with van der Waals surface area (Å²) in [6.07, 6.45) is 1.47. The van der Waals surface area contributed by atoms with Gasteiger partial charge in [0.05, 0.1) is 10.6 Å². The molecule has 9 nitrogen and oxygen atoms in total. The molecule has 0 aliphatic rings. The van der Waals surface area contributed by atoms with E-state index in [0.717, 1.165) is 5.69 Å². The number of sulfonamides is 1. The van der Waals surface area contributed by atoms with Gasteiger partial charge in [0, 0.05) is 24.3 Å². The van der Waals surface area contributed by atoms with E-state index >= 15 is 0 Å². The molecule has 0 aliphatic carbocycles. The number of nitrogens with one attached hydrogen (secondary N) is 1. The molecule has 146 valence electrons. The Hall–Kier alpha value is -3.11. The summed E-state index contributed by atoms with van der Waals surface area (Å²) in [5, 5.41) is 13.7. The van der Waals surface area contributed by atoms with Gasteiger partial charge in [-0.05, 0) is 52.9 Å². The van der Waals surface area contributed by atoms with Gasteiger partial charge in [0.1, 0.15) is 6.33 Å². The van der Waals surface area contributed by atoms with Crippen molar-refractivity contribution in [1.82, 2.24) is 24.5 Å². The van der Waals surface area contributed by atoms with Crippen LogP contribution in [0.5, 0.6) is 0 Å². The third-order valence-corrected chi connectivity index (χ3v) is 6.22.